The van der Waals surface area contributed by atoms with Crippen LogP contribution in [-0.4, -0.2) is 82.6 Å². The first-order valence-corrected chi connectivity index (χ1v) is 11.2. The van der Waals surface area contributed by atoms with Gasteiger partial charge in [-0.15, -0.1) is 0 Å². The largest absolute Gasteiger partial charge is 0.354 e. The first-order valence-electron chi connectivity index (χ1n) is 10.4. The lowest BCUT2D eigenvalue weighted by Crippen LogP contribution is -2.50. The summed E-state index contributed by atoms with van der Waals surface area (Å²) in [5.74, 6) is 0.490. The predicted octanol–water partition coefficient (Wildman–Crippen LogP) is 1.45. The summed E-state index contributed by atoms with van der Waals surface area (Å²) in [4.78, 5) is 51.2. The second kappa shape index (κ2) is 10.4. The highest BCUT2D eigenvalue weighted by atomic mass is 32.2. The van der Waals surface area contributed by atoms with E-state index in [0.717, 1.165) is 49.3 Å². The minimum Gasteiger partial charge on any atom is -0.354 e. The van der Waals surface area contributed by atoms with Crippen molar-refractivity contribution in [1.82, 2.24) is 25.1 Å². The lowest BCUT2D eigenvalue weighted by Gasteiger charge is -2.34. The Morgan fingerprint density at radius 2 is 1.94 bits per heavy atom. The Hall–Kier alpha value is -3.24. The lowest BCUT2D eigenvalue weighted by molar-refractivity contribution is -0.124. The summed E-state index contributed by atoms with van der Waals surface area (Å²) in [6.07, 6.45) is 6.71. The number of rotatable bonds is 7. The SMILES string of the molecule is O=C(CN1CCN(c2ccccn2)CC1)NCCN1C(=O)S/C(=C\c2cccnc2)C1=O. The van der Waals surface area contributed by atoms with E-state index in [4.69, 9.17) is 0 Å². The summed E-state index contributed by atoms with van der Waals surface area (Å²) >= 11 is 0.902. The number of hydrogen-bond acceptors (Lipinski definition) is 8. The van der Waals surface area contributed by atoms with Crippen molar-refractivity contribution in [2.24, 2.45) is 0 Å². The van der Waals surface area contributed by atoms with Gasteiger partial charge in [-0.25, -0.2) is 4.98 Å². The number of carbonyl (C=O) groups excluding carboxylic acids is 3. The Labute approximate surface area is 190 Å². The third kappa shape index (κ3) is 5.51. The Morgan fingerprint density at radius 3 is 2.66 bits per heavy atom. The van der Waals surface area contributed by atoms with Crippen LogP contribution in [0.15, 0.2) is 53.8 Å². The molecule has 2 aromatic rings. The molecule has 0 aromatic carbocycles. The molecule has 166 valence electrons. The van der Waals surface area contributed by atoms with Crippen molar-refractivity contribution < 1.29 is 14.4 Å². The molecule has 2 aromatic heterocycles. The van der Waals surface area contributed by atoms with Crippen molar-refractivity contribution in [3.05, 3.63) is 59.4 Å². The summed E-state index contributed by atoms with van der Waals surface area (Å²) in [6, 6.07) is 9.43. The fourth-order valence-corrected chi connectivity index (χ4v) is 4.41. The maximum atomic E-state index is 12.5. The van der Waals surface area contributed by atoms with Gasteiger partial charge in [-0.05, 0) is 41.6 Å². The van der Waals surface area contributed by atoms with Crippen LogP contribution in [0.2, 0.25) is 0 Å². The van der Waals surface area contributed by atoms with Crippen LogP contribution in [0, 0.1) is 0 Å². The number of imide groups is 1. The molecule has 0 spiro atoms. The first-order chi connectivity index (χ1) is 15.6. The molecular formula is C22H24N6O3S. The van der Waals surface area contributed by atoms with E-state index in [2.05, 4.69) is 25.1 Å². The molecule has 4 rings (SSSR count). The number of anilines is 1. The average Bonchev–Trinajstić information content (AvgIpc) is 3.08. The number of aromatic nitrogens is 2. The molecule has 1 N–H and O–H groups in total. The van der Waals surface area contributed by atoms with Crippen LogP contribution in [0.4, 0.5) is 10.6 Å². The normalized spacial score (nSPS) is 18.4. The van der Waals surface area contributed by atoms with E-state index in [0.29, 0.717) is 11.4 Å². The molecule has 32 heavy (non-hydrogen) atoms. The van der Waals surface area contributed by atoms with Crippen LogP contribution in [0.25, 0.3) is 6.08 Å². The van der Waals surface area contributed by atoms with Crippen molar-refractivity contribution in [1.29, 1.82) is 0 Å². The molecule has 10 heteroatoms. The number of amides is 3. The van der Waals surface area contributed by atoms with Crippen LogP contribution in [0.5, 0.6) is 0 Å². The van der Waals surface area contributed by atoms with Crippen molar-refractivity contribution in [2.45, 2.75) is 0 Å². The molecule has 0 aliphatic carbocycles. The van der Waals surface area contributed by atoms with Gasteiger partial charge in [0.25, 0.3) is 11.1 Å². The van der Waals surface area contributed by atoms with Gasteiger partial charge in [0.1, 0.15) is 5.82 Å². The van der Waals surface area contributed by atoms with Gasteiger partial charge >= 0.3 is 0 Å². The minimum atomic E-state index is -0.344. The number of thioether (sulfide) groups is 1. The van der Waals surface area contributed by atoms with Gasteiger partial charge < -0.3 is 10.2 Å². The fourth-order valence-electron chi connectivity index (χ4n) is 3.55. The molecule has 0 atom stereocenters. The summed E-state index contributed by atoms with van der Waals surface area (Å²) < 4.78 is 0. The van der Waals surface area contributed by atoms with E-state index in [1.54, 1.807) is 30.7 Å². The molecule has 3 amide bonds. The molecule has 2 aliphatic heterocycles. The van der Waals surface area contributed by atoms with Crippen LogP contribution in [0.3, 0.4) is 0 Å². The van der Waals surface area contributed by atoms with Crippen LogP contribution in [0.1, 0.15) is 5.56 Å². The van der Waals surface area contributed by atoms with E-state index >= 15 is 0 Å². The highest BCUT2D eigenvalue weighted by Gasteiger charge is 2.34. The number of piperazine rings is 1. The van der Waals surface area contributed by atoms with Gasteiger partial charge in [-0.1, -0.05) is 12.1 Å². The van der Waals surface area contributed by atoms with E-state index in [9.17, 15) is 14.4 Å². The Morgan fingerprint density at radius 1 is 1.09 bits per heavy atom. The quantitative estimate of drug-likeness (QED) is 0.631. The zero-order valence-electron chi connectivity index (χ0n) is 17.5. The van der Waals surface area contributed by atoms with Crippen molar-refractivity contribution in [3.63, 3.8) is 0 Å². The second-order valence-corrected chi connectivity index (χ2v) is 8.41. The van der Waals surface area contributed by atoms with Gasteiger partial charge in [0.2, 0.25) is 5.91 Å². The van der Waals surface area contributed by atoms with Crippen molar-refractivity contribution in [2.75, 3.05) is 50.7 Å². The number of carbonyl (C=O) groups is 3. The molecule has 2 saturated heterocycles. The standard InChI is InChI=1S/C22H24N6O3S/c29-20(16-26-10-12-27(13-11-26)19-5-1-2-7-24-19)25-8-9-28-21(30)18(32-22(28)31)14-17-4-3-6-23-15-17/h1-7,14-15H,8-13,16H2,(H,25,29)/b18-14-. The molecule has 0 saturated carbocycles. The molecular weight excluding hydrogens is 428 g/mol. The van der Waals surface area contributed by atoms with E-state index in [1.165, 1.54) is 4.90 Å². The second-order valence-electron chi connectivity index (χ2n) is 7.42. The predicted molar refractivity (Wildman–Crippen MR) is 123 cm³/mol. The van der Waals surface area contributed by atoms with Crippen LogP contribution in [-0.2, 0) is 9.59 Å². The zero-order valence-corrected chi connectivity index (χ0v) is 18.3. The number of pyridine rings is 2. The molecule has 2 fully saturated rings. The van der Waals surface area contributed by atoms with E-state index in [-0.39, 0.29) is 30.1 Å². The fraction of sp³-hybridized carbons (Fsp3) is 0.318. The smallest absolute Gasteiger partial charge is 0.293 e. The third-order valence-electron chi connectivity index (χ3n) is 5.23. The van der Waals surface area contributed by atoms with Crippen molar-refractivity contribution >= 4 is 40.7 Å². The number of nitrogens with zero attached hydrogens (tertiary/aromatic N) is 5. The van der Waals surface area contributed by atoms with Gasteiger partial charge in [-0.3, -0.25) is 29.2 Å². The highest BCUT2D eigenvalue weighted by Crippen LogP contribution is 2.31. The maximum absolute atomic E-state index is 12.5. The third-order valence-corrected chi connectivity index (χ3v) is 6.13. The molecule has 9 nitrogen and oxygen atoms in total. The number of hydrogen-bond donors (Lipinski definition) is 1. The topological polar surface area (TPSA) is 98.7 Å². The average molecular weight is 453 g/mol. The zero-order chi connectivity index (χ0) is 22.3. The van der Waals surface area contributed by atoms with E-state index in [1.807, 2.05) is 24.3 Å². The Kier molecular flexibility index (Phi) is 7.13. The van der Waals surface area contributed by atoms with E-state index < -0.39 is 0 Å². The molecule has 0 bridgehead atoms. The summed E-state index contributed by atoms with van der Waals surface area (Å²) in [5, 5.41) is 2.49. The van der Waals surface area contributed by atoms with Crippen molar-refractivity contribution in [3.8, 4) is 0 Å². The first kappa shape index (κ1) is 22.0. The maximum Gasteiger partial charge on any atom is 0.293 e. The molecule has 4 heterocycles. The molecule has 0 unspecified atom stereocenters. The van der Waals surface area contributed by atoms with Crippen LogP contribution < -0.4 is 10.2 Å². The summed E-state index contributed by atoms with van der Waals surface area (Å²) in [5.41, 5.74) is 0.759. The molecule has 2 aliphatic rings. The van der Waals surface area contributed by atoms with Gasteiger partial charge in [-0.2, -0.15) is 0 Å². The monoisotopic (exact) mass is 452 g/mol. The lowest BCUT2D eigenvalue weighted by atomic mass is 10.2. The minimum absolute atomic E-state index is 0.117. The van der Waals surface area contributed by atoms with Gasteiger partial charge in [0, 0.05) is 57.9 Å². The van der Waals surface area contributed by atoms with Gasteiger partial charge in [0.15, 0.2) is 0 Å². The Bertz CT molecular complexity index is 993. The summed E-state index contributed by atoms with van der Waals surface area (Å²) in [6.45, 7) is 3.82. The summed E-state index contributed by atoms with van der Waals surface area (Å²) in [7, 11) is 0. The number of nitrogens with one attached hydrogen (secondary N) is 1. The van der Waals surface area contributed by atoms with Gasteiger partial charge in [0.05, 0.1) is 11.4 Å². The van der Waals surface area contributed by atoms with Crippen LogP contribution >= 0.6 is 11.8 Å². The molecule has 0 radical (unpaired) electrons. The highest BCUT2D eigenvalue weighted by molar-refractivity contribution is 8.18. The Balaban J connectivity index is 1.19.